The Morgan fingerprint density at radius 1 is 0.773 bits per heavy atom. The number of guanidine groups is 1. The van der Waals surface area contributed by atoms with Crippen molar-refractivity contribution in [2.45, 2.75) is 0 Å². The number of hydrazone groups is 2. The van der Waals surface area contributed by atoms with Crippen molar-refractivity contribution < 1.29 is 0 Å². The van der Waals surface area contributed by atoms with E-state index in [9.17, 15) is 0 Å². The highest BCUT2D eigenvalue weighted by molar-refractivity contribution is 9.10. The topological polar surface area (TPSA) is 72.6 Å². The van der Waals surface area contributed by atoms with Gasteiger partial charge in [-0.3, -0.25) is 5.41 Å². The van der Waals surface area contributed by atoms with Crippen molar-refractivity contribution >= 4 is 50.2 Å². The van der Waals surface area contributed by atoms with Gasteiger partial charge in [0.05, 0.1) is 12.4 Å². The number of rotatable bonds is 4. The number of halogens is 2. The van der Waals surface area contributed by atoms with Gasteiger partial charge in [0.25, 0.3) is 0 Å². The molecular formula is C15H13Br2N5. The molecule has 0 heterocycles. The van der Waals surface area contributed by atoms with E-state index in [0.29, 0.717) is 0 Å². The molecule has 0 aromatic heterocycles. The summed E-state index contributed by atoms with van der Waals surface area (Å²) in [5.41, 5.74) is 6.96. The molecule has 2 aromatic rings. The Bertz CT molecular complexity index is 619. The maximum Gasteiger partial charge on any atom is 0.230 e. The fourth-order valence-corrected chi connectivity index (χ4v) is 1.99. The van der Waals surface area contributed by atoms with Gasteiger partial charge in [-0.15, -0.1) is 0 Å². The van der Waals surface area contributed by atoms with E-state index in [1.165, 1.54) is 0 Å². The first-order valence-electron chi connectivity index (χ1n) is 6.31. The Kier molecular flexibility index (Phi) is 6.29. The normalized spacial score (nSPS) is 11.0. The van der Waals surface area contributed by atoms with Gasteiger partial charge in [0, 0.05) is 8.95 Å². The van der Waals surface area contributed by atoms with E-state index in [0.717, 1.165) is 20.1 Å². The molecule has 0 fully saturated rings. The van der Waals surface area contributed by atoms with Gasteiger partial charge >= 0.3 is 0 Å². The standard InChI is InChI=1S/C15H13Br2N5/c16-13-5-1-11(2-6-13)9-19-21-15(18)22-20-10-12-3-7-14(17)8-4-12/h1-10H,(H3,18,21,22). The van der Waals surface area contributed by atoms with E-state index < -0.39 is 0 Å². The molecule has 0 amide bonds. The third kappa shape index (κ3) is 5.79. The molecule has 2 rings (SSSR count). The fraction of sp³-hybridized carbons (Fsp3) is 0. The summed E-state index contributed by atoms with van der Waals surface area (Å²) >= 11 is 6.73. The molecule has 0 aliphatic heterocycles. The second-order valence-corrected chi connectivity index (χ2v) is 6.05. The Hall–Kier alpha value is -1.99. The first-order chi connectivity index (χ1) is 10.6. The van der Waals surface area contributed by atoms with Crippen molar-refractivity contribution in [1.82, 2.24) is 10.9 Å². The van der Waals surface area contributed by atoms with Gasteiger partial charge in [-0.05, 0) is 35.4 Å². The summed E-state index contributed by atoms with van der Waals surface area (Å²) in [6.07, 6.45) is 3.25. The molecule has 0 radical (unpaired) electrons. The molecule has 3 N–H and O–H groups in total. The van der Waals surface area contributed by atoms with Crippen LogP contribution in [0.2, 0.25) is 0 Å². The third-order valence-corrected chi connectivity index (χ3v) is 3.58. The number of nitrogens with one attached hydrogen (secondary N) is 3. The molecule has 7 heteroatoms. The van der Waals surface area contributed by atoms with Crippen LogP contribution in [-0.4, -0.2) is 18.4 Å². The van der Waals surface area contributed by atoms with E-state index in [1.807, 2.05) is 48.5 Å². The highest BCUT2D eigenvalue weighted by atomic mass is 79.9. The average molecular weight is 423 g/mol. The van der Waals surface area contributed by atoms with E-state index in [2.05, 4.69) is 52.9 Å². The van der Waals surface area contributed by atoms with Gasteiger partial charge in [-0.2, -0.15) is 10.2 Å². The summed E-state index contributed by atoms with van der Waals surface area (Å²) in [5.74, 6) is -0.0123. The maximum absolute atomic E-state index is 7.62. The largest absolute Gasteiger partial charge is 0.266 e. The maximum atomic E-state index is 7.62. The van der Waals surface area contributed by atoms with Gasteiger partial charge in [-0.25, -0.2) is 10.9 Å². The second kappa shape index (κ2) is 8.45. The van der Waals surface area contributed by atoms with Crippen LogP contribution in [0.15, 0.2) is 67.7 Å². The van der Waals surface area contributed by atoms with Gasteiger partial charge in [0.2, 0.25) is 5.96 Å². The molecule has 2 aromatic carbocycles. The summed E-state index contributed by atoms with van der Waals surface area (Å²) in [5, 5.41) is 15.5. The first kappa shape index (κ1) is 16.4. The van der Waals surface area contributed by atoms with Crippen LogP contribution in [0.5, 0.6) is 0 Å². The van der Waals surface area contributed by atoms with Crippen molar-refractivity contribution in [3.05, 3.63) is 68.6 Å². The zero-order valence-electron chi connectivity index (χ0n) is 11.4. The Morgan fingerprint density at radius 2 is 1.14 bits per heavy atom. The van der Waals surface area contributed by atoms with Gasteiger partial charge in [-0.1, -0.05) is 56.1 Å². The molecule has 0 bridgehead atoms. The zero-order chi connectivity index (χ0) is 15.8. The molecule has 0 aliphatic carbocycles. The summed E-state index contributed by atoms with van der Waals surface area (Å²) in [4.78, 5) is 0. The number of hydrogen-bond acceptors (Lipinski definition) is 3. The van der Waals surface area contributed by atoms with Crippen LogP contribution >= 0.6 is 31.9 Å². The van der Waals surface area contributed by atoms with Crippen LogP contribution in [0.4, 0.5) is 0 Å². The second-order valence-electron chi connectivity index (χ2n) is 4.22. The van der Waals surface area contributed by atoms with E-state index in [1.54, 1.807) is 12.4 Å². The minimum atomic E-state index is -0.0123. The summed E-state index contributed by atoms with van der Waals surface area (Å²) in [6, 6.07) is 15.4. The lowest BCUT2D eigenvalue weighted by Gasteiger charge is -2.01. The Balaban J connectivity index is 1.78. The monoisotopic (exact) mass is 421 g/mol. The van der Waals surface area contributed by atoms with Crippen molar-refractivity contribution in [2.24, 2.45) is 10.2 Å². The van der Waals surface area contributed by atoms with Crippen LogP contribution in [0.3, 0.4) is 0 Å². The molecule has 5 nitrogen and oxygen atoms in total. The van der Waals surface area contributed by atoms with E-state index in [4.69, 9.17) is 5.41 Å². The summed E-state index contributed by atoms with van der Waals surface area (Å²) in [7, 11) is 0. The van der Waals surface area contributed by atoms with Crippen molar-refractivity contribution in [3.63, 3.8) is 0 Å². The zero-order valence-corrected chi connectivity index (χ0v) is 14.6. The van der Waals surface area contributed by atoms with E-state index >= 15 is 0 Å². The first-order valence-corrected chi connectivity index (χ1v) is 7.90. The van der Waals surface area contributed by atoms with Crippen LogP contribution < -0.4 is 10.9 Å². The van der Waals surface area contributed by atoms with Crippen LogP contribution in [0, 0.1) is 5.41 Å². The van der Waals surface area contributed by atoms with Gasteiger partial charge in [0.15, 0.2) is 0 Å². The smallest absolute Gasteiger partial charge is 0.230 e. The number of benzene rings is 2. The lowest BCUT2D eigenvalue weighted by molar-refractivity contribution is 0.893. The van der Waals surface area contributed by atoms with Crippen molar-refractivity contribution in [2.75, 3.05) is 0 Å². The SMILES string of the molecule is N=C(NN=Cc1ccc(Br)cc1)NN=Cc1ccc(Br)cc1. The average Bonchev–Trinajstić information content (AvgIpc) is 2.51. The van der Waals surface area contributed by atoms with Crippen molar-refractivity contribution in [3.8, 4) is 0 Å². The molecule has 112 valence electrons. The van der Waals surface area contributed by atoms with Gasteiger partial charge < -0.3 is 0 Å². The third-order valence-electron chi connectivity index (χ3n) is 2.52. The summed E-state index contributed by atoms with van der Waals surface area (Å²) in [6.45, 7) is 0. The Morgan fingerprint density at radius 3 is 1.50 bits per heavy atom. The predicted molar refractivity (Wildman–Crippen MR) is 97.5 cm³/mol. The summed E-state index contributed by atoms with van der Waals surface area (Å²) < 4.78 is 2.02. The highest BCUT2D eigenvalue weighted by Crippen LogP contribution is 2.09. The van der Waals surface area contributed by atoms with Crippen LogP contribution in [-0.2, 0) is 0 Å². The van der Waals surface area contributed by atoms with Crippen LogP contribution in [0.25, 0.3) is 0 Å². The molecule has 0 unspecified atom stereocenters. The Labute approximate surface area is 145 Å². The number of hydrogen-bond donors (Lipinski definition) is 3. The highest BCUT2D eigenvalue weighted by Gasteiger charge is 1.91. The minimum Gasteiger partial charge on any atom is -0.266 e. The molecule has 0 saturated carbocycles. The molecular weight excluding hydrogens is 410 g/mol. The van der Waals surface area contributed by atoms with E-state index in [-0.39, 0.29) is 5.96 Å². The quantitative estimate of drug-likeness (QED) is 0.399. The lowest BCUT2D eigenvalue weighted by atomic mass is 10.2. The molecule has 0 aliphatic rings. The lowest BCUT2D eigenvalue weighted by Crippen LogP contribution is -2.29. The molecule has 0 atom stereocenters. The van der Waals surface area contributed by atoms with Crippen molar-refractivity contribution in [1.29, 1.82) is 5.41 Å². The molecule has 0 spiro atoms. The minimum absolute atomic E-state index is 0.0123. The van der Waals surface area contributed by atoms with Gasteiger partial charge in [0.1, 0.15) is 0 Å². The molecule has 22 heavy (non-hydrogen) atoms. The molecule has 0 saturated heterocycles. The fourth-order valence-electron chi connectivity index (χ4n) is 1.47. The number of nitrogens with zero attached hydrogens (tertiary/aromatic N) is 2. The van der Waals surface area contributed by atoms with Crippen LogP contribution in [0.1, 0.15) is 11.1 Å². The predicted octanol–water partition coefficient (Wildman–Crippen LogP) is 3.69.